The minimum absolute atomic E-state index is 0.487. The average Bonchev–Trinajstić information content (AvgIpc) is 3.31. The van der Waals surface area contributed by atoms with Crippen LogP contribution in [-0.2, 0) is 6.54 Å². The Morgan fingerprint density at radius 3 is 2.92 bits per heavy atom. The van der Waals surface area contributed by atoms with Crippen molar-refractivity contribution in [2.75, 3.05) is 26.7 Å². The number of nitrogens with zero attached hydrogens (tertiary/aromatic N) is 4. The molecule has 1 saturated heterocycles. The van der Waals surface area contributed by atoms with Gasteiger partial charge in [0.1, 0.15) is 0 Å². The van der Waals surface area contributed by atoms with Gasteiger partial charge in [0.15, 0.2) is 5.96 Å². The number of aromatic nitrogens is 2. The lowest BCUT2D eigenvalue weighted by Gasteiger charge is -2.20. The molecular formula is C19H28N6. The molecule has 2 atom stereocenters. The van der Waals surface area contributed by atoms with Gasteiger partial charge >= 0.3 is 0 Å². The zero-order valence-electron chi connectivity index (χ0n) is 15.2. The smallest absolute Gasteiger partial charge is 0.191 e. The van der Waals surface area contributed by atoms with Gasteiger partial charge in [-0.05, 0) is 30.9 Å². The highest BCUT2D eigenvalue weighted by Crippen LogP contribution is 2.31. The van der Waals surface area contributed by atoms with Crippen molar-refractivity contribution in [2.24, 2.45) is 10.9 Å². The standard InChI is InChI=1S/C19H28N6/c1-14-11-25(15-7-8-15)12-17(14)23-19(20-2)21-9-10-24-13-22-16-5-3-4-6-18(16)24/h3-6,13-15,17H,7-12H2,1-2H3,(H2,20,21,23). The number of nitrogens with one attached hydrogen (secondary N) is 2. The Hall–Kier alpha value is -2.08. The molecule has 6 heteroatoms. The third-order valence-corrected chi connectivity index (χ3v) is 5.42. The van der Waals surface area contributed by atoms with Crippen LogP contribution in [0, 0.1) is 5.92 Å². The van der Waals surface area contributed by atoms with Gasteiger partial charge in [0.2, 0.25) is 0 Å². The van der Waals surface area contributed by atoms with Gasteiger partial charge in [-0.2, -0.15) is 0 Å². The molecule has 4 rings (SSSR count). The molecule has 0 amide bonds. The molecule has 2 fully saturated rings. The average molecular weight is 340 g/mol. The van der Waals surface area contributed by atoms with Crippen LogP contribution in [0.4, 0.5) is 0 Å². The van der Waals surface area contributed by atoms with Crippen LogP contribution in [0.5, 0.6) is 0 Å². The molecule has 0 bridgehead atoms. The van der Waals surface area contributed by atoms with Gasteiger partial charge in [-0.3, -0.25) is 9.89 Å². The first-order valence-corrected chi connectivity index (χ1v) is 9.35. The minimum Gasteiger partial charge on any atom is -0.355 e. The first-order chi connectivity index (χ1) is 12.2. The highest BCUT2D eigenvalue weighted by Gasteiger charge is 2.38. The van der Waals surface area contributed by atoms with E-state index in [9.17, 15) is 0 Å². The number of imidazole rings is 1. The number of benzene rings is 1. The molecule has 6 nitrogen and oxygen atoms in total. The Morgan fingerprint density at radius 2 is 2.12 bits per heavy atom. The van der Waals surface area contributed by atoms with Crippen LogP contribution in [0.15, 0.2) is 35.6 Å². The van der Waals surface area contributed by atoms with E-state index < -0.39 is 0 Å². The van der Waals surface area contributed by atoms with E-state index in [1.807, 2.05) is 25.5 Å². The molecule has 1 aliphatic heterocycles. The maximum absolute atomic E-state index is 4.44. The monoisotopic (exact) mass is 340 g/mol. The second kappa shape index (κ2) is 7.04. The van der Waals surface area contributed by atoms with Gasteiger partial charge in [-0.25, -0.2) is 4.98 Å². The first kappa shape index (κ1) is 16.4. The van der Waals surface area contributed by atoms with Crippen molar-refractivity contribution in [1.82, 2.24) is 25.1 Å². The maximum Gasteiger partial charge on any atom is 0.191 e. The molecule has 1 aliphatic carbocycles. The van der Waals surface area contributed by atoms with Crippen LogP contribution in [0.1, 0.15) is 19.8 Å². The van der Waals surface area contributed by atoms with Gasteiger partial charge in [0.25, 0.3) is 0 Å². The highest BCUT2D eigenvalue weighted by atomic mass is 15.3. The second-order valence-corrected chi connectivity index (χ2v) is 7.34. The molecule has 2 heterocycles. The summed E-state index contributed by atoms with van der Waals surface area (Å²) < 4.78 is 2.18. The molecule has 1 aromatic heterocycles. The number of hydrogen-bond acceptors (Lipinski definition) is 3. The third kappa shape index (κ3) is 3.63. The number of hydrogen-bond donors (Lipinski definition) is 2. The molecule has 2 N–H and O–H groups in total. The lowest BCUT2D eigenvalue weighted by atomic mass is 10.1. The Balaban J connectivity index is 1.29. The zero-order valence-corrected chi connectivity index (χ0v) is 15.2. The van der Waals surface area contributed by atoms with E-state index in [0.717, 1.165) is 37.2 Å². The summed E-state index contributed by atoms with van der Waals surface area (Å²) in [4.78, 5) is 11.5. The third-order valence-electron chi connectivity index (χ3n) is 5.42. The summed E-state index contributed by atoms with van der Waals surface area (Å²) in [5.41, 5.74) is 2.22. The fourth-order valence-electron chi connectivity index (χ4n) is 3.78. The fourth-order valence-corrected chi connectivity index (χ4v) is 3.78. The number of guanidine groups is 1. The van der Waals surface area contributed by atoms with Crippen LogP contribution in [0.3, 0.4) is 0 Å². The molecule has 134 valence electrons. The first-order valence-electron chi connectivity index (χ1n) is 9.35. The summed E-state index contributed by atoms with van der Waals surface area (Å²) in [5, 5.41) is 7.07. The fraction of sp³-hybridized carbons (Fsp3) is 0.579. The molecule has 25 heavy (non-hydrogen) atoms. The summed E-state index contributed by atoms with van der Waals surface area (Å²) in [6.07, 6.45) is 4.67. The molecule has 2 aromatic rings. The van der Waals surface area contributed by atoms with Crippen LogP contribution < -0.4 is 10.6 Å². The molecule has 0 radical (unpaired) electrons. The molecular weight excluding hydrogens is 312 g/mol. The maximum atomic E-state index is 4.44. The lowest BCUT2D eigenvalue weighted by Crippen LogP contribution is -2.47. The Labute approximate surface area is 149 Å². The zero-order chi connectivity index (χ0) is 17.2. The van der Waals surface area contributed by atoms with Crippen molar-refractivity contribution in [3.05, 3.63) is 30.6 Å². The summed E-state index contributed by atoms with van der Waals surface area (Å²) >= 11 is 0. The topological polar surface area (TPSA) is 57.5 Å². The van der Waals surface area contributed by atoms with E-state index in [4.69, 9.17) is 0 Å². The second-order valence-electron chi connectivity index (χ2n) is 7.34. The normalized spacial score (nSPS) is 24.8. The van der Waals surface area contributed by atoms with Gasteiger partial charge in [0, 0.05) is 45.3 Å². The Bertz CT molecular complexity index is 747. The molecule has 0 spiro atoms. The SMILES string of the molecule is CN=C(NCCn1cnc2ccccc21)NC1CN(C2CC2)CC1C. The van der Waals surface area contributed by atoms with Crippen LogP contribution in [-0.4, -0.2) is 59.2 Å². The van der Waals surface area contributed by atoms with Crippen LogP contribution >= 0.6 is 0 Å². The molecule has 2 unspecified atom stereocenters. The van der Waals surface area contributed by atoms with E-state index in [-0.39, 0.29) is 0 Å². The quantitative estimate of drug-likeness (QED) is 0.642. The number of rotatable bonds is 5. The van der Waals surface area contributed by atoms with E-state index in [1.165, 1.54) is 24.9 Å². The summed E-state index contributed by atoms with van der Waals surface area (Å²) in [6.45, 7) is 6.38. The van der Waals surface area contributed by atoms with E-state index in [2.05, 4.69) is 49.1 Å². The van der Waals surface area contributed by atoms with Crippen molar-refractivity contribution in [3.8, 4) is 0 Å². The van der Waals surface area contributed by atoms with Crippen molar-refractivity contribution in [1.29, 1.82) is 0 Å². The summed E-state index contributed by atoms with van der Waals surface area (Å²) in [7, 11) is 1.85. The van der Waals surface area contributed by atoms with E-state index in [0.29, 0.717) is 12.0 Å². The van der Waals surface area contributed by atoms with Gasteiger partial charge < -0.3 is 15.2 Å². The largest absolute Gasteiger partial charge is 0.355 e. The van der Waals surface area contributed by atoms with Gasteiger partial charge in [0.05, 0.1) is 17.4 Å². The van der Waals surface area contributed by atoms with Crippen molar-refractivity contribution in [3.63, 3.8) is 0 Å². The molecule has 1 aromatic carbocycles. The predicted molar refractivity (Wildman–Crippen MR) is 102 cm³/mol. The van der Waals surface area contributed by atoms with Gasteiger partial charge in [-0.15, -0.1) is 0 Å². The van der Waals surface area contributed by atoms with Crippen molar-refractivity contribution in [2.45, 2.75) is 38.4 Å². The highest BCUT2D eigenvalue weighted by molar-refractivity contribution is 5.80. The molecule has 2 aliphatic rings. The van der Waals surface area contributed by atoms with Crippen LogP contribution in [0.25, 0.3) is 11.0 Å². The number of aliphatic imine (C=N–C) groups is 1. The Kier molecular flexibility index (Phi) is 4.61. The molecule has 1 saturated carbocycles. The number of likely N-dealkylation sites (tertiary alicyclic amines) is 1. The van der Waals surface area contributed by atoms with Crippen LogP contribution in [0.2, 0.25) is 0 Å². The van der Waals surface area contributed by atoms with Crippen molar-refractivity contribution < 1.29 is 0 Å². The summed E-state index contributed by atoms with van der Waals surface area (Å²) in [6, 6.07) is 9.58. The number of fused-ring (bicyclic) bond motifs is 1. The lowest BCUT2D eigenvalue weighted by molar-refractivity contribution is 0.315. The Morgan fingerprint density at radius 1 is 1.28 bits per heavy atom. The van der Waals surface area contributed by atoms with E-state index >= 15 is 0 Å². The number of para-hydroxylation sites is 2. The van der Waals surface area contributed by atoms with E-state index in [1.54, 1.807) is 0 Å². The summed E-state index contributed by atoms with van der Waals surface area (Å²) in [5.74, 6) is 1.57. The van der Waals surface area contributed by atoms with Gasteiger partial charge in [-0.1, -0.05) is 19.1 Å². The van der Waals surface area contributed by atoms with Crippen molar-refractivity contribution >= 4 is 17.0 Å². The minimum atomic E-state index is 0.487. The predicted octanol–water partition coefficient (Wildman–Crippen LogP) is 1.68.